The van der Waals surface area contributed by atoms with E-state index in [0.717, 1.165) is 17.8 Å². The molecule has 3 nitrogen and oxygen atoms in total. The van der Waals surface area contributed by atoms with E-state index in [-0.39, 0.29) is 6.04 Å². The molecule has 2 atom stereocenters. The molecule has 90 valence electrons. The highest BCUT2D eigenvalue weighted by Gasteiger charge is 2.06. The zero-order valence-electron chi connectivity index (χ0n) is 10.3. The molecule has 0 aliphatic rings. The first-order chi connectivity index (χ1) is 7.50. The van der Waals surface area contributed by atoms with Crippen LogP contribution in [0.15, 0.2) is 24.3 Å². The Morgan fingerprint density at radius 3 is 2.19 bits per heavy atom. The topological polar surface area (TPSA) is 58.3 Å². The number of benzene rings is 1. The number of rotatable bonds is 5. The second kappa shape index (κ2) is 5.87. The van der Waals surface area contributed by atoms with E-state index in [2.05, 4.69) is 19.2 Å². The molecule has 0 spiro atoms. The van der Waals surface area contributed by atoms with E-state index in [1.165, 1.54) is 0 Å². The summed E-state index contributed by atoms with van der Waals surface area (Å²) in [7, 11) is 0. The molecule has 1 rings (SSSR count). The summed E-state index contributed by atoms with van der Waals surface area (Å²) >= 11 is 0. The van der Waals surface area contributed by atoms with E-state index in [9.17, 15) is 5.11 Å². The fourth-order valence-corrected chi connectivity index (χ4v) is 1.35. The summed E-state index contributed by atoms with van der Waals surface area (Å²) in [5, 5.41) is 12.7. The van der Waals surface area contributed by atoms with E-state index in [1.807, 2.05) is 24.3 Å². The van der Waals surface area contributed by atoms with Crippen molar-refractivity contribution in [3.8, 4) is 0 Å². The van der Waals surface area contributed by atoms with Gasteiger partial charge in [-0.05, 0) is 30.5 Å². The van der Waals surface area contributed by atoms with Crippen molar-refractivity contribution in [3.05, 3.63) is 29.8 Å². The van der Waals surface area contributed by atoms with Crippen LogP contribution < -0.4 is 11.1 Å². The summed E-state index contributed by atoms with van der Waals surface area (Å²) < 4.78 is 0. The van der Waals surface area contributed by atoms with Gasteiger partial charge in [0.2, 0.25) is 0 Å². The monoisotopic (exact) mass is 222 g/mol. The van der Waals surface area contributed by atoms with Crippen LogP contribution in [0.1, 0.15) is 32.4 Å². The number of aliphatic hydroxyl groups excluding tert-OH is 1. The zero-order valence-corrected chi connectivity index (χ0v) is 10.3. The van der Waals surface area contributed by atoms with E-state index < -0.39 is 6.10 Å². The first kappa shape index (κ1) is 13.0. The first-order valence-electron chi connectivity index (χ1n) is 5.78. The van der Waals surface area contributed by atoms with Gasteiger partial charge in [-0.2, -0.15) is 0 Å². The third-order valence-corrected chi connectivity index (χ3v) is 2.79. The second-order valence-corrected chi connectivity index (χ2v) is 4.59. The lowest BCUT2D eigenvalue weighted by atomic mass is 10.1. The van der Waals surface area contributed by atoms with Gasteiger partial charge in [0.05, 0.1) is 6.10 Å². The van der Waals surface area contributed by atoms with Gasteiger partial charge < -0.3 is 16.2 Å². The predicted octanol–water partition coefficient (Wildman–Crippen LogP) is 2.14. The largest absolute Gasteiger partial charge is 0.389 e. The summed E-state index contributed by atoms with van der Waals surface area (Å²) in [5.74, 6) is 0.476. The fourth-order valence-electron chi connectivity index (χ4n) is 1.35. The van der Waals surface area contributed by atoms with Gasteiger partial charge in [0, 0.05) is 18.3 Å². The van der Waals surface area contributed by atoms with E-state index >= 15 is 0 Å². The summed E-state index contributed by atoms with van der Waals surface area (Å²) in [6, 6.07) is 7.95. The van der Waals surface area contributed by atoms with Crippen molar-refractivity contribution in [3.63, 3.8) is 0 Å². The van der Waals surface area contributed by atoms with Crippen LogP contribution >= 0.6 is 0 Å². The van der Waals surface area contributed by atoms with Crippen molar-refractivity contribution >= 4 is 5.69 Å². The van der Waals surface area contributed by atoms with Gasteiger partial charge in [-0.25, -0.2) is 0 Å². The maximum Gasteiger partial charge on any atom is 0.0761 e. The molecule has 0 amide bonds. The van der Waals surface area contributed by atoms with Gasteiger partial charge in [0.15, 0.2) is 0 Å². The maximum atomic E-state index is 9.37. The van der Waals surface area contributed by atoms with Gasteiger partial charge in [0.25, 0.3) is 0 Å². The van der Waals surface area contributed by atoms with Crippen LogP contribution in [0.2, 0.25) is 0 Å². The van der Waals surface area contributed by atoms with Crippen LogP contribution in [-0.2, 0) is 0 Å². The van der Waals surface area contributed by atoms with Gasteiger partial charge >= 0.3 is 0 Å². The van der Waals surface area contributed by atoms with Crippen LogP contribution in [0, 0.1) is 5.92 Å². The molecule has 0 aliphatic carbocycles. The van der Waals surface area contributed by atoms with Crippen LogP contribution in [0.25, 0.3) is 0 Å². The highest BCUT2D eigenvalue weighted by Crippen LogP contribution is 2.15. The smallest absolute Gasteiger partial charge is 0.0761 e. The molecule has 1 aromatic carbocycles. The molecule has 0 saturated carbocycles. The minimum Gasteiger partial charge on any atom is -0.389 e. The van der Waals surface area contributed by atoms with Crippen molar-refractivity contribution in [2.24, 2.45) is 11.7 Å². The van der Waals surface area contributed by atoms with E-state index in [4.69, 9.17) is 5.73 Å². The predicted molar refractivity (Wildman–Crippen MR) is 68.4 cm³/mol. The Balaban J connectivity index is 2.49. The van der Waals surface area contributed by atoms with Gasteiger partial charge in [-0.15, -0.1) is 0 Å². The van der Waals surface area contributed by atoms with Crippen molar-refractivity contribution in [1.82, 2.24) is 0 Å². The molecular formula is C13H22N2O. The minimum atomic E-state index is -0.410. The van der Waals surface area contributed by atoms with Gasteiger partial charge in [0.1, 0.15) is 0 Å². The standard InChI is InChI=1S/C13H22N2O/c1-9(2)13(14)8-15-12-6-4-11(5-7-12)10(3)16/h4-7,9-10,13,15-16H,8,14H2,1-3H3. The van der Waals surface area contributed by atoms with Crippen LogP contribution in [0.3, 0.4) is 0 Å². The van der Waals surface area contributed by atoms with Crippen molar-refractivity contribution in [2.75, 3.05) is 11.9 Å². The molecule has 4 N–H and O–H groups in total. The number of hydrogen-bond donors (Lipinski definition) is 3. The number of nitrogens with two attached hydrogens (primary N) is 1. The summed E-state index contributed by atoms with van der Waals surface area (Å²) in [4.78, 5) is 0. The van der Waals surface area contributed by atoms with Gasteiger partial charge in [-0.3, -0.25) is 0 Å². The Morgan fingerprint density at radius 1 is 1.19 bits per heavy atom. The average Bonchev–Trinajstić information content (AvgIpc) is 2.26. The highest BCUT2D eigenvalue weighted by molar-refractivity contribution is 5.45. The van der Waals surface area contributed by atoms with Gasteiger partial charge in [-0.1, -0.05) is 26.0 Å². The second-order valence-electron chi connectivity index (χ2n) is 4.59. The third-order valence-electron chi connectivity index (χ3n) is 2.79. The lowest BCUT2D eigenvalue weighted by Crippen LogP contribution is -2.33. The van der Waals surface area contributed by atoms with Crippen molar-refractivity contribution < 1.29 is 5.11 Å². The summed E-state index contributed by atoms with van der Waals surface area (Å²) in [6.07, 6.45) is -0.410. The Labute approximate surface area is 97.7 Å². The van der Waals surface area contributed by atoms with E-state index in [1.54, 1.807) is 6.92 Å². The molecule has 0 aromatic heterocycles. The Kier molecular flexibility index (Phi) is 4.77. The number of anilines is 1. The molecule has 0 heterocycles. The third kappa shape index (κ3) is 3.83. The molecule has 1 aromatic rings. The van der Waals surface area contributed by atoms with Crippen molar-refractivity contribution in [1.29, 1.82) is 0 Å². The summed E-state index contributed by atoms with van der Waals surface area (Å²) in [5.41, 5.74) is 7.91. The van der Waals surface area contributed by atoms with Crippen LogP contribution in [0.4, 0.5) is 5.69 Å². The average molecular weight is 222 g/mol. The fraction of sp³-hybridized carbons (Fsp3) is 0.538. The highest BCUT2D eigenvalue weighted by atomic mass is 16.3. The molecule has 16 heavy (non-hydrogen) atoms. The van der Waals surface area contributed by atoms with Crippen LogP contribution in [0.5, 0.6) is 0 Å². The Morgan fingerprint density at radius 2 is 1.75 bits per heavy atom. The SMILES string of the molecule is CC(O)c1ccc(NCC(N)C(C)C)cc1. The first-order valence-corrected chi connectivity index (χ1v) is 5.78. The molecular weight excluding hydrogens is 200 g/mol. The molecule has 3 heteroatoms. The quantitative estimate of drug-likeness (QED) is 0.715. The van der Waals surface area contributed by atoms with Crippen molar-refractivity contribution in [2.45, 2.75) is 32.9 Å². The number of nitrogens with one attached hydrogen (secondary N) is 1. The minimum absolute atomic E-state index is 0.163. The lowest BCUT2D eigenvalue weighted by molar-refractivity contribution is 0.199. The lowest BCUT2D eigenvalue weighted by Gasteiger charge is -2.17. The summed E-state index contributed by atoms with van der Waals surface area (Å²) in [6.45, 7) is 6.76. The van der Waals surface area contributed by atoms with E-state index in [0.29, 0.717) is 5.92 Å². The normalized spacial score (nSPS) is 14.9. The molecule has 0 saturated heterocycles. The Hall–Kier alpha value is -1.06. The molecule has 0 fully saturated rings. The van der Waals surface area contributed by atoms with Crippen LogP contribution in [-0.4, -0.2) is 17.7 Å². The Bertz CT molecular complexity index is 306. The maximum absolute atomic E-state index is 9.37. The number of hydrogen-bond acceptors (Lipinski definition) is 3. The zero-order chi connectivity index (χ0) is 12.1. The molecule has 0 radical (unpaired) electrons. The molecule has 0 aliphatic heterocycles. The number of aliphatic hydroxyl groups is 1. The molecule has 2 unspecified atom stereocenters. The molecule has 0 bridgehead atoms.